The van der Waals surface area contributed by atoms with Crippen molar-refractivity contribution in [3.8, 4) is 0 Å². The highest BCUT2D eigenvalue weighted by Crippen LogP contribution is 2.21. The number of carbonyl (C=O) groups excluding carboxylic acids is 2. The summed E-state index contributed by atoms with van der Waals surface area (Å²) >= 11 is 0. The van der Waals surface area contributed by atoms with Gasteiger partial charge in [0, 0.05) is 23.8 Å². The van der Waals surface area contributed by atoms with Crippen molar-refractivity contribution in [1.82, 2.24) is 5.32 Å². The summed E-state index contributed by atoms with van der Waals surface area (Å²) in [5.41, 5.74) is 7.75. The Morgan fingerprint density at radius 3 is 2.62 bits per heavy atom. The first-order valence-corrected chi connectivity index (χ1v) is 8.76. The molecule has 2 rings (SSSR count). The lowest BCUT2D eigenvalue weighted by molar-refractivity contribution is -0.116. The summed E-state index contributed by atoms with van der Waals surface area (Å²) in [6.45, 7) is 2.42. The van der Waals surface area contributed by atoms with Crippen molar-refractivity contribution in [3.63, 3.8) is 0 Å². The Bertz CT molecular complexity index is 568. The maximum Gasteiger partial charge on any atom is 0.319 e. The van der Waals surface area contributed by atoms with Gasteiger partial charge in [-0.15, -0.1) is 0 Å². The average molecular weight is 332 g/mol. The Labute approximate surface area is 143 Å². The lowest BCUT2D eigenvalue weighted by Gasteiger charge is -2.23. The number of nitrogens with two attached hydrogens (primary N) is 1. The molecule has 0 saturated heterocycles. The first-order valence-electron chi connectivity index (χ1n) is 8.76. The minimum atomic E-state index is -0.184. The summed E-state index contributed by atoms with van der Waals surface area (Å²) in [5.74, 6) is -0.0677. The van der Waals surface area contributed by atoms with Gasteiger partial charge in [-0.1, -0.05) is 25.3 Å². The molecule has 132 valence electrons. The van der Waals surface area contributed by atoms with Crippen molar-refractivity contribution in [2.75, 3.05) is 17.2 Å². The molecule has 0 radical (unpaired) electrons. The van der Waals surface area contributed by atoms with E-state index < -0.39 is 0 Å². The van der Waals surface area contributed by atoms with Crippen LogP contribution in [0.25, 0.3) is 0 Å². The Kier molecular flexibility index (Phi) is 7.06. The van der Waals surface area contributed by atoms with Gasteiger partial charge in [0.1, 0.15) is 0 Å². The van der Waals surface area contributed by atoms with E-state index >= 15 is 0 Å². The van der Waals surface area contributed by atoms with E-state index in [0.29, 0.717) is 30.8 Å². The highest BCUT2D eigenvalue weighted by molar-refractivity contribution is 5.94. The number of rotatable bonds is 6. The second-order valence-electron chi connectivity index (χ2n) is 6.40. The first kappa shape index (κ1) is 18.3. The lowest BCUT2D eigenvalue weighted by atomic mass is 9.96. The van der Waals surface area contributed by atoms with Crippen molar-refractivity contribution in [1.29, 1.82) is 0 Å². The fourth-order valence-electron chi connectivity index (χ4n) is 2.91. The maximum atomic E-state index is 12.2. The van der Waals surface area contributed by atoms with E-state index in [9.17, 15) is 9.59 Å². The molecule has 1 saturated carbocycles. The van der Waals surface area contributed by atoms with E-state index in [0.717, 1.165) is 18.4 Å². The largest absolute Gasteiger partial charge is 0.335 e. The van der Waals surface area contributed by atoms with Gasteiger partial charge in [-0.3, -0.25) is 4.79 Å². The third-order valence-corrected chi connectivity index (χ3v) is 4.32. The summed E-state index contributed by atoms with van der Waals surface area (Å²) in [7, 11) is 0. The molecule has 5 N–H and O–H groups in total. The summed E-state index contributed by atoms with van der Waals surface area (Å²) in [5, 5.41) is 8.76. The SMILES string of the molecule is Cc1ccc(NC(=O)CCCN)cc1NC(=O)NC1CCCCC1. The monoisotopic (exact) mass is 332 g/mol. The number of anilines is 2. The topological polar surface area (TPSA) is 96.2 Å². The molecule has 24 heavy (non-hydrogen) atoms. The van der Waals surface area contributed by atoms with Gasteiger partial charge >= 0.3 is 6.03 Å². The Hall–Kier alpha value is -2.08. The van der Waals surface area contributed by atoms with Crippen LogP contribution in [0.1, 0.15) is 50.5 Å². The molecule has 6 heteroatoms. The van der Waals surface area contributed by atoms with E-state index in [1.54, 1.807) is 6.07 Å². The van der Waals surface area contributed by atoms with Gasteiger partial charge in [-0.25, -0.2) is 4.79 Å². The molecule has 0 heterocycles. The predicted octanol–water partition coefficient (Wildman–Crippen LogP) is 3.13. The number of benzene rings is 1. The number of urea groups is 1. The van der Waals surface area contributed by atoms with Crippen molar-refractivity contribution in [3.05, 3.63) is 23.8 Å². The molecule has 0 aromatic heterocycles. The van der Waals surface area contributed by atoms with Crippen molar-refractivity contribution in [2.45, 2.75) is 57.9 Å². The van der Waals surface area contributed by atoms with Gasteiger partial charge in [0.05, 0.1) is 0 Å². The van der Waals surface area contributed by atoms with Crippen molar-refractivity contribution >= 4 is 23.3 Å². The number of hydrogen-bond donors (Lipinski definition) is 4. The zero-order valence-electron chi connectivity index (χ0n) is 14.4. The molecule has 1 fully saturated rings. The molecule has 1 aromatic carbocycles. The number of carbonyl (C=O) groups is 2. The standard InChI is InChI=1S/C18H28N4O2/c1-13-9-10-15(20-17(23)8-5-11-19)12-16(13)22-18(24)21-14-6-3-2-4-7-14/h9-10,12,14H,2-8,11,19H2,1H3,(H,20,23)(H2,21,22,24). The number of hydrogen-bond acceptors (Lipinski definition) is 3. The third kappa shape index (κ3) is 5.85. The van der Waals surface area contributed by atoms with Crippen LogP contribution in [0.2, 0.25) is 0 Å². The average Bonchev–Trinajstić information content (AvgIpc) is 2.57. The zero-order chi connectivity index (χ0) is 17.4. The Balaban J connectivity index is 1.92. The van der Waals surface area contributed by atoms with E-state index in [4.69, 9.17) is 5.73 Å². The molecule has 0 bridgehead atoms. The lowest BCUT2D eigenvalue weighted by Crippen LogP contribution is -2.39. The zero-order valence-corrected chi connectivity index (χ0v) is 14.4. The molecule has 0 unspecified atom stereocenters. The molecule has 1 aliphatic carbocycles. The fraction of sp³-hybridized carbons (Fsp3) is 0.556. The van der Waals surface area contributed by atoms with Gasteiger partial charge < -0.3 is 21.7 Å². The summed E-state index contributed by atoms with van der Waals surface area (Å²) in [6, 6.07) is 5.58. The van der Waals surface area contributed by atoms with Crippen LogP contribution in [-0.2, 0) is 4.79 Å². The molecule has 3 amide bonds. The normalized spacial score (nSPS) is 14.9. The molecule has 0 aliphatic heterocycles. The Morgan fingerprint density at radius 1 is 1.17 bits per heavy atom. The molecule has 1 aromatic rings. The van der Waals surface area contributed by atoms with Crippen LogP contribution in [0.15, 0.2) is 18.2 Å². The quantitative estimate of drug-likeness (QED) is 0.644. The smallest absolute Gasteiger partial charge is 0.319 e. The van der Waals surface area contributed by atoms with E-state index in [1.807, 2.05) is 19.1 Å². The minimum Gasteiger partial charge on any atom is -0.335 e. The van der Waals surface area contributed by atoms with Crippen LogP contribution in [0, 0.1) is 6.92 Å². The predicted molar refractivity (Wildman–Crippen MR) is 97.1 cm³/mol. The maximum absolute atomic E-state index is 12.2. The van der Waals surface area contributed by atoms with Crippen LogP contribution in [0.5, 0.6) is 0 Å². The van der Waals surface area contributed by atoms with Crippen LogP contribution in [0.4, 0.5) is 16.2 Å². The van der Waals surface area contributed by atoms with Gasteiger partial charge in [-0.2, -0.15) is 0 Å². The molecular weight excluding hydrogens is 304 g/mol. The molecule has 1 aliphatic rings. The number of aryl methyl sites for hydroxylation is 1. The summed E-state index contributed by atoms with van der Waals surface area (Å²) in [4.78, 5) is 24.0. The molecule has 6 nitrogen and oxygen atoms in total. The fourth-order valence-corrected chi connectivity index (χ4v) is 2.91. The van der Waals surface area contributed by atoms with Crippen LogP contribution >= 0.6 is 0 Å². The molecule has 0 atom stereocenters. The van der Waals surface area contributed by atoms with Crippen LogP contribution < -0.4 is 21.7 Å². The van der Waals surface area contributed by atoms with Crippen LogP contribution in [-0.4, -0.2) is 24.5 Å². The molecule has 0 spiro atoms. The highest BCUT2D eigenvalue weighted by atomic mass is 16.2. The van der Waals surface area contributed by atoms with Gasteiger partial charge in [0.25, 0.3) is 0 Å². The number of amides is 3. The summed E-state index contributed by atoms with van der Waals surface area (Å²) < 4.78 is 0. The highest BCUT2D eigenvalue weighted by Gasteiger charge is 2.16. The second kappa shape index (κ2) is 9.27. The Morgan fingerprint density at radius 2 is 1.92 bits per heavy atom. The molecular formula is C18H28N4O2. The minimum absolute atomic E-state index is 0.0677. The third-order valence-electron chi connectivity index (χ3n) is 4.32. The van der Waals surface area contributed by atoms with Crippen molar-refractivity contribution < 1.29 is 9.59 Å². The second-order valence-corrected chi connectivity index (χ2v) is 6.40. The van der Waals surface area contributed by atoms with E-state index in [-0.39, 0.29) is 18.0 Å². The van der Waals surface area contributed by atoms with Gasteiger partial charge in [-0.05, 0) is 50.4 Å². The van der Waals surface area contributed by atoms with E-state index in [1.165, 1.54) is 19.3 Å². The number of nitrogens with one attached hydrogen (secondary N) is 3. The van der Waals surface area contributed by atoms with E-state index in [2.05, 4.69) is 16.0 Å². The van der Waals surface area contributed by atoms with Crippen LogP contribution in [0.3, 0.4) is 0 Å². The summed E-state index contributed by atoms with van der Waals surface area (Å²) in [6.07, 6.45) is 6.75. The van der Waals surface area contributed by atoms with Gasteiger partial charge in [0.2, 0.25) is 5.91 Å². The first-order chi connectivity index (χ1) is 11.6. The van der Waals surface area contributed by atoms with Gasteiger partial charge in [0.15, 0.2) is 0 Å². The van der Waals surface area contributed by atoms with Crippen molar-refractivity contribution in [2.24, 2.45) is 5.73 Å².